The van der Waals surface area contributed by atoms with Gasteiger partial charge in [-0.15, -0.1) is 0 Å². The first-order valence-electron chi connectivity index (χ1n) is 5.09. The SMILES string of the molecule is C=C(Cl)CNCC(=O)NC1CCOCC1. The molecule has 1 saturated heterocycles. The van der Waals surface area contributed by atoms with E-state index in [9.17, 15) is 4.79 Å². The van der Waals surface area contributed by atoms with Crippen LogP contribution in [0.25, 0.3) is 0 Å². The summed E-state index contributed by atoms with van der Waals surface area (Å²) in [5.41, 5.74) is 0. The van der Waals surface area contributed by atoms with Gasteiger partial charge in [0.2, 0.25) is 5.91 Å². The number of hydrogen-bond acceptors (Lipinski definition) is 3. The molecule has 1 aliphatic rings. The summed E-state index contributed by atoms with van der Waals surface area (Å²) in [5, 5.41) is 6.35. The van der Waals surface area contributed by atoms with Gasteiger partial charge >= 0.3 is 0 Å². The van der Waals surface area contributed by atoms with Crippen molar-refractivity contribution in [1.29, 1.82) is 0 Å². The number of carbonyl (C=O) groups excluding carboxylic acids is 1. The van der Waals surface area contributed by atoms with Crippen LogP contribution in [0.15, 0.2) is 11.6 Å². The van der Waals surface area contributed by atoms with Crippen molar-refractivity contribution in [2.24, 2.45) is 0 Å². The fourth-order valence-corrected chi connectivity index (χ4v) is 1.53. The monoisotopic (exact) mass is 232 g/mol. The number of nitrogens with one attached hydrogen (secondary N) is 2. The van der Waals surface area contributed by atoms with Crippen LogP contribution in [0.2, 0.25) is 0 Å². The van der Waals surface area contributed by atoms with Crippen LogP contribution in [0.1, 0.15) is 12.8 Å². The zero-order chi connectivity index (χ0) is 11.1. The van der Waals surface area contributed by atoms with Gasteiger partial charge in [-0.25, -0.2) is 0 Å². The van der Waals surface area contributed by atoms with Crippen LogP contribution in [-0.4, -0.2) is 38.3 Å². The molecule has 2 N–H and O–H groups in total. The van der Waals surface area contributed by atoms with Crippen molar-refractivity contribution in [1.82, 2.24) is 10.6 Å². The lowest BCUT2D eigenvalue weighted by Crippen LogP contribution is -2.43. The molecule has 5 heteroatoms. The van der Waals surface area contributed by atoms with Gasteiger partial charge in [0.15, 0.2) is 0 Å². The minimum atomic E-state index is -0.000170. The van der Waals surface area contributed by atoms with E-state index in [-0.39, 0.29) is 18.5 Å². The molecule has 0 aromatic carbocycles. The van der Waals surface area contributed by atoms with Gasteiger partial charge in [0.05, 0.1) is 6.54 Å². The molecule has 0 atom stereocenters. The molecule has 0 spiro atoms. The summed E-state index contributed by atoms with van der Waals surface area (Å²) in [7, 11) is 0. The van der Waals surface area contributed by atoms with Gasteiger partial charge in [-0.1, -0.05) is 18.2 Å². The third-order valence-electron chi connectivity index (χ3n) is 2.19. The van der Waals surface area contributed by atoms with E-state index in [0.717, 1.165) is 26.1 Å². The molecule has 0 aliphatic carbocycles. The minimum Gasteiger partial charge on any atom is -0.381 e. The van der Waals surface area contributed by atoms with Gasteiger partial charge in [0.25, 0.3) is 0 Å². The molecule has 0 aromatic heterocycles. The van der Waals surface area contributed by atoms with Crippen molar-refractivity contribution in [2.75, 3.05) is 26.3 Å². The normalized spacial score (nSPS) is 17.4. The minimum absolute atomic E-state index is 0.000170. The van der Waals surface area contributed by atoms with E-state index in [1.165, 1.54) is 0 Å². The van der Waals surface area contributed by atoms with Crippen LogP contribution in [0, 0.1) is 0 Å². The third kappa shape index (κ3) is 5.77. The summed E-state index contributed by atoms with van der Waals surface area (Å²) in [4.78, 5) is 11.4. The number of rotatable bonds is 5. The predicted octanol–water partition coefficient (Wildman–Crippen LogP) is 0.624. The molecule has 4 nitrogen and oxygen atoms in total. The lowest BCUT2D eigenvalue weighted by Gasteiger charge is -2.23. The van der Waals surface area contributed by atoms with Gasteiger partial charge in [0, 0.05) is 30.8 Å². The average molecular weight is 233 g/mol. The molecular formula is C10H17ClN2O2. The topological polar surface area (TPSA) is 50.4 Å². The Bertz CT molecular complexity index is 227. The Morgan fingerprint density at radius 2 is 2.07 bits per heavy atom. The first kappa shape index (κ1) is 12.5. The van der Waals surface area contributed by atoms with Crippen molar-refractivity contribution in [3.05, 3.63) is 11.6 Å². The van der Waals surface area contributed by atoms with Crippen LogP contribution in [-0.2, 0) is 9.53 Å². The molecule has 0 unspecified atom stereocenters. The molecule has 0 saturated carbocycles. The van der Waals surface area contributed by atoms with Crippen LogP contribution >= 0.6 is 11.6 Å². The van der Waals surface area contributed by atoms with E-state index >= 15 is 0 Å². The van der Waals surface area contributed by atoms with Gasteiger partial charge < -0.3 is 15.4 Å². The zero-order valence-electron chi connectivity index (χ0n) is 8.72. The Balaban J connectivity index is 2.09. The first-order chi connectivity index (χ1) is 7.18. The maximum Gasteiger partial charge on any atom is 0.234 e. The fraction of sp³-hybridized carbons (Fsp3) is 0.700. The number of carbonyl (C=O) groups is 1. The summed E-state index contributed by atoms with van der Waals surface area (Å²) < 4.78 is 5.20. The molecule has 0 aromatic rings. The Morgan fingerprint density at radius 3 is 2.67 bits per heavy atom. The van der Waals surface area contributed by atoms with Crippen LogP contribution < -0.4 is 10.6 Å². The number of ether oxygens (including phenoxy) is 1. The smallest absolute Gasteiger partial charge is 0.234 e. The number of halogens is 1. The third-order valence-corrected chi connectivity index (χ3v) is 2.32. The maximum atomic E-state index is 11.4. The summed E-state index contributed by atoms with van der Waals surface area (Å²) in [5.74, 6) is -0.000170. The molecule has 1 heterocycles. The van der Waals surface area contributed by atoms with E-state index in [2.05, 4.69) is 17.2 Å². The molecule has 1 amide bonds. The second kappa shape index (κ2) is 6.82. The zero-order valence-corrected chi connectivity index (χ0v) is 9.48. The van der Waals surface area contributed by atoms with Gasteiger partial charge in [0.1, 0.15) is 0 Å². The Kier molecular flexibility index (Phi) is 5.68. The molecule has 86 valence electrons. The highest BCUT2D eigenvalue weighted by atomic mass is 35.5. The quantitative estimate of drug-likeness (QED) is 0.731. The first-order valence-corrected chi connectivity index (χ1v) is 5.47. The predicted molar refractivity (Wildman–Crippen MR) is 59.8 cm³/mol. The van der Waals surface area contributed by atoms with Crippen LogP contribution in [0.5, 0.6) is 0 Å². The summed E-state index contributed by atoms with van der Waals surface area (Å²) in [6.07, 6.45) is 1.79. The molecule has 1 rings (SSSR count). The molecule has 1 fully saturated rings. The van der Waals surface area contributed by atoms with Crippen molar-refractivity contribution >= 4 is 17.5 Å². The highest BCUT2D eigenvalue weighted by molar-refractivity contribution is 6.29. The largest absolute Gasteiger partial charge is 0.381 e. The van der Waals surface area contributed by atoms with Crippen molar-refractivity contribution in [3.8, 4) is 0 Å². The van der Waals surface area contributed by atoms with E-state index < -0.39 is 0 Å². The molecule has 15 heavy (non-hydrogen) atoms. The Labute approximate surface area is 95.0 Å². The van der Waals surface area contributed by atoms with Crippen LogP contribution in [0.3, 0.4) is 0 Å². The van der Waals surface area contributed by atoms with Gasteiger partial charge in [-0.3, -0.25) is 4.79 Å². The second-order valence-electron chi connectivity index (χ2n) is 3.57. The number of hydrogen-bond donors (Lipinski definition) is 2. The molecular weight excluding hydrogens is 216 g/mol. The van der Waals surface area contributed by atoms with E-state index in [4.69, 9.17) is 16.3 Å². The summed E-state index contributed by atoms with van der Waals surface area (Å²) in [6.45, 7) is 5.73. The lowest BCUT2D eigenvalue weighted by atomic mass is 10.1. The molecule has 0 bridgehead atoms. The summed E-state index contributed by atoms with van der Waals surface area (Å²) >= 11 is 5.55. The Morgan fingerprint density at radius 1 is 1.40 bits per heavy atom. The van der Waals surface area contributed by atoms with Crippen molar-refractivity contribution < 1.29 is 9.53 Å². The highest BCUT2D eigenvalue weighted by Crippen LogP contribution is 2.05. The van der Waals surface area contributed by atoms with Crippen LogP contribution in [0.4, 0.5) is 0 Å². The summed E-state index contributed by atoms with van der Waals surface area (Å²) in [6, 6.07) is 0.257. The van der Waals surface area contributed by atoms with Crippen molar-refractivity contribution in [3.63, 3.8) is 0 Å². The van der Waals surface area contributed by atoms with Crippen molar-refractivity contribution in [2.45, 2.75) is 18.9 Å². The molecule has 0 radical (unpaired) electrons. The van der Waals surface area contributed by atoms with E-state index in [1.54, 1.807) is 0 Å². The maximum absolute atomic E-state index is 11.4. The Hall–Kier alpha value is -0.580. The van der Waals surface area contributed by atoms with Gasteiger partial charge in [-0.2, -0.15) is 0 Å². The number of amides is 1. The molecule has 1 aliphatic heterocycles. The highest BCUT2D eigenvalue weighted by Gasteiger charge is 2.15. The fourth-order valence-electron chi connectivity index (χ4n) is 1.43. The second-order valence-corrected chi connectivity index (χ2v) is 4.11. The lowest BCUT2D eigenvalue weighted by molar-refractivity contribution is -0.121. The standard InChI is InChI=1S/C10H17ClN2O2/c1-8(11)6-12-7-10(14)13-9-2-4-15-5-3-9/h9,12H,1-7H2,(H,13,14). The average Bonchev–Trinajstić information content (AvgIpc) is 2.18. The van der Waals surface area contributed by atoms with E-state index in [0.29, 0.717) is 11.6 Å². The van der Waals surface area contributed by atoms with E-state index in [1.807, 2.05) is 0 Å². The van der Waals surface area contributed by atoms with Gasteiger partial charge in [-0.05, 0) is 12.8 Å².